The molecule has 0 aliphatic carbocycles. The maximum Gasteiger partial charge on any atom is 1.00 e. The van der Waals surface area contributed by atoms with Crippen LogP contribution in [0.25, 0.3) is 5.32 Å². The molecule has 4 heteroatoms. The fourth-order valence-electron chi connectivity index (χ4n) is 1.74. The van der Waals surface area contributed by atoms with Crippen molar-refractivity contribution in [2.24, 2.45) is 5.92 Å². The fourth-order valence-corrected chi connectivity index (χ4v) is 1.74. The van der Waals surface area contributed by atoms with Crippen molar-refractivity contribution in [3.63, 3.8) is 0 Å². The second-order valence-corrected chi connectivity index (χ2v) is 5.47. The summed E-state index contributed by atoms with van der Waals surface area (Å²) in [5.41, 5.74) is 0. The Hall–Kier alpha value is 1.52. The molecule has 0 aromatic rings. The largest absolute Gasteiger partial charge is 1.00 e. The van der Waals surface area contributed by atoms with Gasteiger partial charge in [0.1, 0.15) is 0 Å². The van der Waals surface area contributed by atoms with Gasteiger partial charge in [-0.25, -0.2) is 0 Å². The molecule has 2 unspecified atom stereocenters. The molecular weight excluding hydrogens is 237 g/mol. The zero-order chi connectivity index (χ0) is 12.6. The molecular formula is C13H31KN3+. The first-order valence-corrected chi connectivity index (χ1v) is 6.66. The van der Waals surface area contributed by atoms with Crippen LogP contribution in [-0.4, -0.2) is 57.8 Å². The minimum absolute atomic E-state index is 0. The van der Waals surface area contributed by atoms with Gasteiger partial charge in [-0.05, 0) is 24.9 Å². The minimum Gasteiger partial charge on any atom is -0.656 e. The molecule has 0 radical (unpaired) electrons. The summed E-state index contributed by atoms with van der Waals surface area (Å²) in [7, 11) is 6.64. The molecule has 0 bridgehead atoms. The Labute approximate surface area is 151 Å². The molecule has 1 N–H and O–H groups in total. The SMILES string of the molecule is CC.CC1CCNC1C[N-]CC[N+](C)(C)C.[K+]. The summed E-state index contributed by atoms with van der Waals surface area (Å²) in [6, 6.07) is 0.641. The standard InChI is InChI=1S/C11H25N3.C2H6.K/c1-10-5-6-13-11(10)9-12-7-8-14(2,3)4;1-2;/h10-11,13H,5-9H2,1-4H3;1-2H3;/q;;+1. The van der Waals surface area contributed by atoms with Crippen molar-refractivity contribution < 1.29 is 55.9 Å². The summed E-state index contributed by atoms with van der Waals surface area (Å²) in [4.78, 5) is 0. The average molecular weight is 269 g/mol. The Morgan fingerprint density at radius 2 is 1.82 bits per heavy atom. The molecule has 1 fully saturated rings. The van der Waals surface area contributed by atoms with Crippen molar-refractivity contribution in [2.45, 2.75) is 33.2 Å². The first-order valence-electron chi connectivity index (χ1n) is 6.66. The van der Waals surface area contributed by atoms with Crippen LogP contribution in [0.4, 0.5) is 0 Å². The molecule has 1 rings (SSSR count). The maximum atomic E-state index is 4.61. The molecule has 0 spiro atoms. The summed E-state index contributed by atoms with van der Waals surface area (Å²) < 4.78 is 1.01. The van der Waals surface area contributed by atoms with Gasteiger partial charge in [-0.15, -0.1) is 6.54 Å². The number of quaternary nitrogens is 1. The van der Waals surface area contributed by atoms with E-state index in [0.29, 0.717) is 6.04 Å². The van der Waals surface area contributed by atoms with Crippen LogP contribution in [0, 0.1) is 5.92 Å². The molecule has 0 amide bonds. The third-order valence-electron chi connectivity index (χ3n) is 2.95. The van der Waals surface area contributed by atoms with Crippen molar-refractivity contribution in [3.8, 4) is 0 Å². The fraction of sp³-hybridized carbons (Fsp3) is 1.00. The summed E-state index contributed by atoms with van der Waals surface area (Å²) >= 11 is 0. The number of nitrogens with zero attached hydrogens (tertiary/aromatic N) is 2. The number of rotatable bonds is 5. The molecule has 0 aromatic heterocycles. The topological polar surface area (TPSA) is 26.1 Å². The molecule has 98 valence electrons. The Kier molecular flexibility index (Phi) is 13.9. The van der Waals surface area contributed by atoms with E-state index in [1.807, 2.05) is 13.8 Å². The van der Waals surface area contributed by atoms with Crippen LogP contribution >= 0.6 is 0 Å². The van der Waals surface area contributed by atoms with Crippen LogP contribution in [0.15, 0.2) is 0 Å². The van der Waals surface area contributed by atoms with Crippen molar-refractivity contribution in [1.29, 1.82) is 0 Å². The number of hydrogen-bond donors (Lipinski definition) is 1. The number of hydrogen-bond acceptors (Lipinski definition) is 1. The van der Waals surface area contributed by atoms with Gasteiger partial charge < -0.3 is 15.1 Å². The quantitative estimate of drug-likeness (QED) is 0.390. The second kappa shape index (κ2) is 11.4. The van der Waals surface area contributed by atoms with E-state index >= 15 is 0 Å². The van der Waals surface area contributed by atoms with Gasteiger partial charge in [0.15, 0.2) is 0 Å². The summed E-state index contributed by atoms with van der Waals surface area (Å²) in [6.07, 6.45) is 1.32. The molecule has 1 aliphatic rings. The van der Waals surface area contributed by atoms with Crippen LogP contribution in [0.2, 0.25) is 0 Å². The number of likely N-dealkylation sites (N-methyl/N-ethyl adjacent to an activating group) is 1. The zero-order valence-electron chi connectivity index (χ0n) is 13.1. The van der Waals surface area contributed by atoms with Gasteiger partial charge >= 0.3 is 51.4 Å². The van der Waals surface area contributed by atoms with E-state index in [4.69, 9.17) is 0 Å². The molecule has 17 heavy (non-hydrogen) atoms. The van der Waals surface area contributed by atoms with Crippen molar-refractivity contribution in [2.75, 3.05) is 47.3 Å². The van der Waals surface area contributed by atoms with E-state index < -0.39 is 0 Å². The van der Waals surface area contributed by atoms with Gasteiger partial charge in [0, 0.05) is 0 Å². The van der Waals surface area contributed by atoms with E-state index in [0.717, 1.165) is 30.0 Å². The van der Waals surface area contributed by atoms with Crippen molar-refractivity contribution >= 4 is 0 Å². The molecule has 0 aromatic carbocycles. The third-order valence-corrected chi connectivity index (χ3v) is 2.95. The molecule has 1 aliphatic heterocycles. The Balaban J connectivity index is 0. The van der Waals surface area contributed by atoms with Gasteiger partial charge in [0.2, 0.25) is 0 Å². The predicted molar refractivity (Wildman–Crippen MR) is 72.9 cm³/mol. The van der Waals surface area contributed by atoms with Crippen molar-refractivity contribution in [1.82, 2.24) is 5.32 Å². The zero-order valence-corrected chi connectivity index (χ0v) is 16.2. The summed E-state index contributed by atoms with van der Waals surface area (Å²) in [5.74, 6) is 0.808. The van der Waals surface area contributed by atoms with E-state index in [9.17, 15) is 0 Å². The van der Waals surface area contributed by atoms with E-state index in [-0.39, 0.29) is 51.4 Å². The van der Waals surface area contributed by atoms with Crippen LogP contribution in [0.3, 0.4) is 0 Å². The first kappa shape index (κ1) is 20.8. The minimum atomic E-state index is 0. The summed E-state index contributed by atoms with van der Waals surface area (Å²) in [5, 5.41) is 8.12. The molecule has 0 saturated carbocycles. The second-order valence-electron chi connectivity index (χ2n) is 5.47. The van der Waals surface area contributed by atoms with Gasteiger partial charge in [0.25, 0.3) is 0 Å². The molecule has 1 saturated heterocycles. The smallest absolute Gasteiger partial charge is 0.656 e. The van der Waals surface area contributed by atoms with Crippen LogP contribution in [-0.2, 0) is 0 Å². The van der Waals surface area contributed by atoms with Crippen LogP contribution in [0.1, 0.15) is 27.2 Å². The van der Waals surface area contributed by atoms with E-state index in [1.165, 1.54) is 13.0 Å². The molecule has 1 heterocycles. The van der Waals surface area contributed by atoms with Gasteiger partial charge in [-0.1, -0.05) is 27.3 Å². The maximum absolute atomic E-state index is 4.61. The van der Waals surface area contributed by atoms with Gasteiger partial charge in [-0.2, -0.15) is 0 Å². The number of nitrogens with one attached hydrogen (secondary N) is 1. The Bertz CT molecular complexity index is 169. The normalized spacial score (nSPS) is 23.6. The van der Waals surface area contributed by atoms with Crippen LogP contribution < -0.4 is 56.7 Å². The summed E-state index contributed by atoms with van der Waals surface area (Å²) in [6.45, 7) is 10.6. The van der Waals surface area contributed by atoms with Gasteiger partial charge in [-0.3, -0.25) is 0 Å². The molecule has 3 nitrogen and oxygen atoms in total. The predicted octanol–water partition coefficient (Wildman–Crippen LogP) is -0.905. The third kappa shape index (κ3) is 11.1. The Morgan fingerprint density at radius 3 is 2.24 bits per heavy atom. The van der Waals surface area contributed by atoms with Crippen LogP contribution in [0.5, 0.6) is 0 Å². The van der Waals surface area contributed by atoms with Gasteiger partial charge in [0.05, 0.1) is 27.7 Å². The average Bonchev–Trinajstić information content (AvgIpc) is 2.61. The first-order chi connectivity index (χ1) is 7.49. The van der Waals surface area contributed by atoms with E-state index in [2.05, 4.69) is 38.7 Å². The molecule has 2 atom stereocenters. The van der Waals surface area contributed by atoms with E-state index in [1.54, 1.807) is 0 Å². The Morgan fingerprint density at radius 1 is 1.24 bits per heavy atom. The monoisotopic (exact) mass is 268 g/mol. The van der Waals surface area contributed by atoms with Crippen molar-refractivity contribution in [3.05, 3.63) is 5.32 Å².